The minimum atomic E-state index is -0.247. The van der Waals surface area contributed by atoms with E-state index in [1.165, 1.54) is 12.1 Å². The number of benzene rings is 1. The average Bonchev–Trinajstić information content (AvgIpc) is 2.17. The number of nitrogens with two attached hydrogens (primary N) is 1. The smallest absolute Gasteiger partial charge is 0.123 e. The Kier molecular flexibility index (Phi) is 4.04. The van der Waals surface area contributed by atoms with Crippen molar-refractivity contribution in [1.29, 1.82) is 0 Å². The first-order valence-electron chi connectivity index (χ1n) is 4.67. The number of halogens is 1. The molecule has 1 aromatic carbocycles. The standard InChI is InChI=1S/C11H16FNO/c1-8(14-2)6-11(13)9-4-3-5-10(12)7-9/h3-5,7-8,11H,6,13H2,1-2H3. The van der Waals surface area contributed by atoms with Crippen molar-refractivity contribution in [1.82, 2.24) is 0 Å². The third-order valence-corrected chi connectivity index (χ3v) is 2.27. The molecule has 0 spiro atoms. The maximum atomic E-state index is 12.9. The summed E-state index contributed by atoms with van der Waals surface area (Å²) in [5, 5.41) is 0. The summed E-state index contributed by atoms with van der Waals surface area (Å²) in [6, 6.07) is 6.21. The zero-order valence-electron chi connectivity index (χ0n) is 8.53. The number of rotatable bonds is 4. The lowest BCUT2D eigenvalue weighted by Crippen LogP contribution is -2.18. The van der Waals surface area contributed by atoms with Crippen molar-refractivity contribution in [3.63, 3.8) is 0 Å². The lowest BCUT2D eigenvalue weighted by Gasteiger charge is -2.16. The van der Waals surface area contributed by atoms with Crippen LogP contribution in [0.5, 0.6) is 0 Å². The summed E-state index contributed by atoms with van der Waals surface area (Å²) in [6.45, 7) is 1.94. The number of hydrogen-bond acceptors (Lipinski definition) is 2. The van der Waals surface area contributed by atoms with Gasteiger partial charge in [-0.3, -0.25) is 0 Å². The summed E-state index contributed by atoms with van der Waals surface area (Å²) in [7, 11) is 1.64. The van der Waals surface area contributed by atoms with Crippen molar-refractivity contribution in [2.24, 2.45) is 5.73 Å². The van der Waals surface area contributed by atoms with Gasteiger partial charge in [-0.05, 0) is 31.0 Å². The van der Waals surface area contributed by atoms with Crippen LogP contribution in [0, 0.1) is 5.82 Å². The topological polar surface area (TPSA) is 35.2 Å². The minimum Gasteiger partial charge on any atom is -0.382 e. The summed E-state index contributed by atoms with van der Waals surface area (Å²) in [4.78, 5) is 0. The van der Waals surface area contributed by atoms with E-state index >= 15 is 0 Å². The summed E-state index contributed by atoms with van der Waals surface area (Å²) in [5.74, 6) is -0.247. The Labute approximate surface area is 83.9 Å². The highest BCUT2D eigenvalue weighted by Gasteiger charge is 2.10. The van der Waals surface area contributed by atoms with Gasteiger partial charge in [-0.25, -0.2) is 4.39 Å². The molecule has 0 radical (unpaired) electrons. The number of ether oxygens (including phenoxy) is 1. The first-order valence-corrected chi connectivity index (χ1v) is 4.67. The average molecular weight is 197 g/mol. The Bertz CT molecular complexity index is 290. The van der Waals surface area contributed by atoms with E-state index < -0.39 is 0 Å². The third kappa shape index (κ3) is 3.09. The van der Waals surface area contributed by atoms with Gasteiger partial charge in [-0.1, -0.05) is 12.1 Å². The molecule has 1 rings (SSSR count). The van der Waals surface area contributed by atoms with Gasteiger partial charge in [0.15, 0.2) is 0 Å². The molecule has 2 unspecified atom stereocenters. The molecule has 0 heterocycles. The van der Waals surface area contributed by atoms with Crippen LogP contribution in [0.3, 0.4) is 0 Å². The van der Waals surface area contributed by atoms with E-state index in [-0.39, 0.29) is 18.0 Å². The van der Waals surface area contributed by atoms with Gasteiger partial charge >= 0.3 is 0 Å². The first kappa shape index (κ1) is 11.1. The molecular weight excluding hydrogens is 181 g/mol. The van der Waals surface area contributed by atoms with Crippen molar-refractivity contribution in [3.05, 3.63) is 35.6 Å². The van der Waals surface area contributed by atoms with Crippen LogP contribution in [-0.4, -0.2) is 13.2 Å². The minimum absolute atomic E-state index is 0.0910. The zero-order valence-corrected chi connectivity index (χ0v) is 8.53. The van der Waals surface area contributed by atoms with Crippen molar-refractivity contribution in [2.45, 2.75) is 25.5 Å². The van der Waals surface area contributed by atoms with Gasteiger partial charge in [0.2, 0.25) is 0 Å². The Morgan fingerprint density at radius 2 is 2.21 bits per heavy atom. The summed E-state index contributed by atoms with van der Waals surface area (Å²) < 4.78 is 18.0. The molecular formula is C11H16FNO. The maximum Gasteiger partial charge on any atom is 0.123 e. The molecule has 2 nitrogen and oxygen atoms in total. The molecule has 0 amide bonds. The van der Waals surface area contributed by atoms with Crippen LogP contribution >= 0.6 is 0 Å². The number of methoxy groups -OCH3 is 1. The molecule has 3 heteroatoms. The molecule has 0 aliphatic carbocycles. The molecule has 2 N–H and O–H groups in total. The summed E-state index contributed by atoms with van der Waals surface area (Å²) in [5.41, 5.74) is 6.71. The van der Waals surface area contributed by atoms with Gasteiger partial charge in [0.1, 0.15) is 5.82 Å². The van der Waals surface area contributed by atoms with Crippen LogP contribution in [0.4, 0.5) is 4.39 Å². The Morgan fingerprint density at radius 1 is 1.50 bits per heavy atom. The van der Waals surface area contributed by atoms with Crippen LogP contribution in [0.25, 0.3) is 0 Å². The van der Waals surface area contributed by atoms with Crippen LogP contribution in [0.15, 0.2) is 24.3 Å². The van der Waals surface area contributed by atoms with Crippen molar-refractivity contribution >= 4 is 0 Å². The van der Waals surface area contributed by atoms with E-state index in [4.69, 9.17) is 10.5 Å². The lowest BCUT2D eigenvalue weighted by atomic mass is 10.0. The SMILES string of the molecule is COC(C)CC(N)c1cccc(F)c1. The molecule has 0 saturated carbocycles. The van der Waals surface area contributed by atoms with E-state index in [0.29, 0.717) is 6.42 Å². The fourth-order valence-corrected chi connectivity index (χ4v) is 1.33. The van der Waals surface area contributed by atoms with Crippen molar-refractivity contribution in [2.75, 3.05) is 7.11 Å². The van der Waals surface area contributed by atoms with Gasteiger partial charge in [0.05, 0.1) is 6.10 Å². The van der Waals surface area contributed by atoms with Crippen molar-refractivity contribution < 1.29 is 9.13 Å². The quantitative estimate of drug-likeness (QED) is 0.803. The van der Waals surface area contributed by atoms with Gasteiger partial charge in [-0.15, -0.1) is 0 Å². The van der Waals surface area contributed by atoms with Crippen molar-refractivity contribution in [3.8, 4) is 0 Å². The predicted molar refractivity (Wildman–Crippen MR) is 54.4 cm³/mol. The Morgan fingerprint density at radius 3 is 2.79 bits per heavy atom. The fraction of sp³-hybridized carbons (Fsp3) is 0.455. The van der Waals surface area contributed by atoms with Crippen LogP contribution in [0.1, 0.15) is 24.9 Å². The van der Waals surface area contributed by atoms with Crippen LogP contribution < -0.4 is 5.73 Å². The summed E-state index contributed by atoms with van der Waals surface area (Å²) >= 11 is 0. The lowest BCUT2D eigenvalue weighted by molar-refractivity contribution is 0.104. The Balaban J connectivity index is 2.64. The first-order chi connectivity index (χ1) is 6.63. The second-order valence-corrected chi connectivity index (χ2v) is 3.44. The van der Waals surface area contributed by atoms with Crippen LogP contribution in [0.2, 0.25) is 0 Å². The van der Waals surface area contributed by atoms with E-state index in [0.717, 1.165) is 5.56 Å². The molecule has 0 fully saturated rings. The predicted octanol–water partition coefficient (Wildman–Crippen LogP) is 2.25. The molecule has 0 bridgehead atoms. The molecule has 0 aromatic heterocycles. The third-order valence-electron chi connectivity index (χ3n) is 2.27. The van der Waals surface area contributed by atoms with Gasteiger partial charge in [0.25, 0.3) is 0 Å². The second-order valence-electron chi connectivity index (χ2n) is 3.44. The second kappa shape index (κ2) is 5.08. The molecule has 0 saturated heterocycles. The molecule has 78 valence electrons. The highest BCUT2D eigenvalue weighted by atomic mass is 19.1. The van der Waals surface area contributed by atoms with Crippen LogP contribution in [-0.2, 0) is 4.74 Å². The van der Waals surface area contributed by atoms with E-state index in [1.54, 1.807) is 13.2 Å². The number of hydrogen-bond donors (Lipinski definition) is 1. The molecule has 2 atom stereocenters. The molecule has 1 aromatic rings. The maximum absolute atomic E-state index is 12.9. The van der Waals surface area contributed by atoms with E-state index in [9.17, 15) is 4.39 Å². The molecule has 14 heavy (non-hydrogen) atoms. The molecule has 0 aliphatic heterocycles. The fourth-order valence-electron chi connectivity index (χ4n) is 1.33. The van der Waals surface area contributed by atoms with Gasteiger partial charge < -0.3 is 10.5 Å². The monoisotopic (exact) mass is 197 g/mol. The normalized spacial score (nSPS) is 15.1. The van der Waals surface area contributed by atoms with Gasteiger partial charge in [-0.2, -0.15) is 0 Å². The molecule has 0 aliphatic rings. The van der Waals surface area contributed by atoms with Gasteiger partial charge in [0, 0.05) is 13.2 Å². The Hall–Kier alpha value is -0.930. The van der Waals surface area contributed by atoms with E-state index in [2.05, 4.69) is 0 Å². The highest BCUT2D eigenvalue weighted by molar-refractivity contribution is 5.19. The highest BCUT2D eigenvalue weighted by Crippen LogP contribution is 2.17. The zero-order chi connectivity index (χ0) is 10.6. The largest absolute Gasteiger partial charge is 0.382 e. The van der Waals surface area contributed by atoms with E-state index in [1.807, 2.05) is 13.0 Å². The summed E-state index contributed by atoms with van der Waals surface area (Å²) in [6.07, 6.45) is 0.785.